The van der Waals surface area contributed by atoms with Crippen LogP contribution in [0, 0.1) is 11.8 Å². The van der Waals surface area contributed by atoms with Gasteiger partial charge in [0.15, 0.2) is 0 Å². The number of thiazole rings is 1. The maximum absolute atomic E-state index is 8.77. The predicted octanol–water partition coefficient (Wildman–Crippen LogP) is 2.13. The van der Waals surface area contributed by atoms with Gasteiger partial charge in [0.2, 0.25) is 0 Å². The summed E-state index contributed by atoms with van der Waals surface area (Å²) in [7, 11) is 3.71. The van der Waals surface area contributed by atoms with E-state index in [0.29, 0.717) is 0 Å². The van der Waals surface area contributed by atoms with Crippen molar-refractivity contribution in [3.8, 4) is 17.6 Å². The van der Waals surface area contributed by atoms with Crippen LogP contribution in [0.25, 0.3) is 0 Å². The Hall–Kier alpha value is -1.87. The number of aliphatic hydroxyl groups is 1. The van der Waals surface area contributed by atoms with E-state index in [4.69, 9.17) is 9.84 Å². The van der Waals surface area contributed by atoms with Gasteiger partial charge < -0.3 is 9.84 Å². The third-order valence-corrected chi connectivity index (χ3v) is 3.58. The van der Waals surface area contributed by atoms with Crippen molar-refractivity contribution in [3.63, 3.8) is 0 Å². The van der Waals surface area contributed by atoms with Crippen LogP contribution >= 0.6 is 11.3 Å². The Labute approximate surface area is 129 Å². The molecule has 0 bridgehead atoms. The van der Waals surface area contributed by atoms with Gasteiger partial charge in [-0.15, -0.1) is 11.3 Å². The van der Waals surface area contributed by atoms with Crippen molar-refractivity contribution in [2.24, 2.45) is 0 Å². The maximum Gasteiger partial charge on any atom is 0.123 e. The lowest BCUT2D eigenvalue weighted by atomic mass is 10.1. The van der Waals surface area contributed by atoms with Crippen LogP contribution in [0.2, 0.25) is 0 Å². The zero-order valence-corrected chi connectivity index (χ0v) is 13.0. The quantitative estimate of drug-likeness (QED) is 0.860. The van der Waals surface area contributed by atoms with Crippen LogP contribution in [0.15, 0.2) is 29.1 Å². The van der Waals surface area contributed by atoms with Crippen molar-refractivity contribution >= 4 is 11.3 Å². The number of rotatable bonds is 5. The Bertz CT molecular complexity index is 629. The molecule has 0 aliphatic heterocycles. The molecule has 21 heavy (non-hydrogen) atoms. The third-order valence-electron chi connectivity index (χ3n) is 2.95. The van der Waals surface area contributed by atoms with E-state index >= 15 is 0 Å². The highest BCUT2D eigenvalue weighted by molar-refractivity contribution is 7.07. The molecular weight excluding hydrogens is 284 g/mol. The van der Waals surface area contributed by atoms with Gasteiger partial charge in [0.25, 0.3) is 0 Å². The summed E-state index contributed by atoms with van der Waals surface area (Å²) in [4.78, 5) is 6.47. The van der Waals surface area contributed by atoms with Gasteiger partial charge in [-0.1, -0.05) is 11.8 Å². The molecule has 0 saturated heterocycles. The van der Waals surface area contributed by atoms with Crippen LogP contribution < -0.4 is 4.74 Å². The molecule has 1 N–H and O–H groups in total. The van der Waals surface area contributed by atoms with E-state index in [9.17, 15) is 0 Å². The largest absolute Gasteiger partial charge is 0.496 e. The van der Waals surface area contributed by atoms with E-state index in [-0.39, 0.29) is 6.61 Å². The van der Waals surface area contributed by atoms with Crippen LogP contribution in [-0.2, 0) is 13.1 Å². The minimum Gasteiger partial charge on any atom is -0.496 e. The number of aromatic nitrogens is 1. The van der Waals surface area contributed by atoms with Gasteiger partial charge in [-0.25, -0.2) is 4.98 Å². The van der Waals surface area contributed by atoms with Crippen LogP contribution in [0.1, 0.15) is 16.8 Å². The molecule has 4 nitrogen and oxygen atoms in total. The van der Waals surface area contributed by atoms with Crippen molar-refractivity contribution in [1.82, 2.24) is 9.88 Å². The van der Waals surface area contributed by atoms with Gasteiger partial charge in [0, 0.05) is 29.6 Å². The molecule has 0 aliphatic carbocycles. The minimum atomic E-state index is -0.134. The number of aliphatic hydroxyl groups excluding tert-OH is 1. The van der Waals surface area contributed by atoms with Gasteiger partial charge in [-0.05, 0) is 25.2 Å². The Morgan fingerprint density at radius 2 is 2.24 bits per heavy atom. The zero-order valence-electron chi connectivity index (χ0n) is 12.2. The molecule has 2 rings (SSSR count). The average Bonchev–Trinajstić information content (AvgIpc) is 2.98. The van der Waals surface area contributed by atoms with Gasteiger partial charge in [0.1, 0.15) is 12.4 Å². The first-order valence-electron chi connectivity index (χ1n) is 6.55. The Morgan fingerprint density at radius 1 is 1.38 bits per heavy atom. The molecule has 110 valence electrons. The second-order valence-corrected chi connectivity index (χ2v) is 5.36. The standard InChI is InChI=1S/C16H18N2O2S/c1-18(10-15-11-21-12-17-15)9-14-8-13(4-3-7-19)5-6-16(14)20-2/h5-6,8,11-12,19H,7,9-10H2,1-2H3. The van der Waals surface area contributed by atoms with Crippen molar-refractivity contribution < 1.29 is 9.84 Å². The summed E-state index contributed by atoms with van der Waals surface area (Å²) >= 11 is 1.60. The Kier molecular flexibility index (Phi) is 5.76. The number of methoxy groups -OCH3 is 1. The summed E-state index contributed by atoms with van der Waals surface area (Å²) in [6.45, 7) is 1.40. The second-order valence-electron chi connectivity index (χ2n) is 4.64. The first kappa shape index (κ1) is 15.5. The van der Waals surface area contributed by atoms with Gasteiger partial charge in [-0.2, -0.15) is 0 Å². The van der Waals surface area contributed by atoms with E-state index in [1.807, 2.05) is 30.8 Å². The first-order valence-corrected chi connectivity index (χ1v) is 7.49. The minimum absolute atomic E-state index is 0.134. The maximum atomic E-state index is 8.77. The van der Waals surface area contributed by atoms with Crippen molar-refractivity contribution in [2.45, 2.75) is 13.1 Å². The average molecular weight is 302 g/mol. The summed E-state index contributed by atoms with van der Waals surface area (Å²) in [5.74, 6) is 6.42. The fraction of sp³-hybridized carbons (Fsp3) is 0.312. The van der Waals surface area contributed by atoms with Crippen LogP contribution in [-0.4, -0.2) is 35.8 Å². The molecule has 0 saturated carbocycles. The van der Waals surface area contributed by atoms with E-state index in [0.717, 1.165) is 35.7 Å². The highest BCUT2D eigenvalue weighted by Crippen LogP contribution is 2.21. The SMILES string of the molecule is COc1ccc(C#CCO)cc1CN(C)Cc1cscn1. The number of hydrogen-bond donors (Lipinski definition) is 1. The smallest absolute Gasteiger partial charge is 0.123 e. The first-order chi connectivity index (χ1) is 10.2. The van der Waals surface area contributed by atoms with Crippen molar-refractivity contribution in [2.75, 3.05) is 20.8 Å². The van der Waals surface area contributed by atoms with E-state index in [2.05, 4.69) is 27.1 Å². The molecule has 0 atom stereocenters. The van der Waals surface area contributed by atoms with Gasteiger partial charge in [0.05, 0.1) is 18.3 Å². The molecule has 2 aromatic rings. The third kappa shape index (κ3) is 4.57. The summed E-state index contributed by atoms with van der Waals surface area (Å²) in [5, 5.41) is 10.8. The zero-order chi connectivity index (χ0) is 15.1. The summed E-state index contributed by atoms with van der Waals surface area (Å²) < 4.78 is 5.40. The molecule has 1 aromatic heterocycles. The molecule has 0 unspecified atom stereocenters. The Morgan fingerprint density at radius 3 is 2.90 bits per heavy atom. The number of benzene rings is 1. The molecule has 1 heterocycles. The van der Waals surface area contributed by atoms with Crippen LogP contribution in [0.4, 0.5) is 0 Å². The Balaban J connectivity index is 2.12. The lowest BCUT2D eigenvalue weighted by Gasteiger charge is -2.17. The number of ether oxygens (including phenoxy) is 1. The molecule has 1 aromatic carbocycles. The molecule has 0 radical (unpaired) electrons. The molecular formula is C16H18N2O2S. The van der Waals surface area contributed by atoms with Crippen LogP contribution in [0.3, 0.4) is 0 Å². The molecule has 0 aliphatic rings. The van der Waals surface area contributed by atoms with Crippen molar-refractivity contribution in [1.29, 1.82) is 0 Å². The molecule has 0 amide bonds. The fourth-order valence-electron chi connectivity index (χ4n) is 2.06. The normalized spacial score (nSPS) is 10.3. The van der Waals surface area contributed by atoms with Gasteiger partial charge in [-0.3, -0.25) is 4.90 Å². The van der Waals surface area contributed by atoms with Crippen LogP contribution in [0.5, 0.6) is 5.75 Å². The van der Waals surface area contributed by atoms with Gasteiger partial charge >= 0.3 is 0 Å². The fourth-order valence-corrected chi connectivity index (χ4v) is 2.61. The molecule has 5 heteroatoms. The molecule has 0 fully saturated rings. The van der Waals surface area contributed by atoms with E-state index < -0.39 is 0 Å². The highest BCUT2D eigenvalue weighted by Gasteiger charge is 2.08. The summed E-state index contributed by atoms with van der Waals surface area (Å²) in [6, 6.07) is 5.80. The second kappa shape index (κ2) is 7.79. The van der Waals surface area contributed by atoms with Crippen molar-refractivity contribution in [3.05, 3.63) is 45.9 Å². The lowest BCUT2D eigenvalue weighted by molar-refractivity contribution is 0.307. The van der Waals surface area contributed by atoms with E-state index in [1.54, 1.807) is 18.4 Å². The monoisotopic (exact) mass is 302 g/mol. The highest BCUT2D eigenvalue weighted by atomic mass is 32.1. The summed E-state index contributed by atoms with van der Waals surface area (Å²) in [5.41, 5.74) is 4.86. The number of nitrogens with zero attached hydrogens (tertiary/aromatic N) is 2. The number of hydrogen-bond acceptors (Lipinski definition) is 5. The molecule has 0 spiro atoms. The predicted molar refractivity (Wildman–Crippen MR) is 84.2 cm³/mol. The lowest BCUT2D eigenvalue weighted by Crippen LogP contribution is -2.18. The van der Waals surface area contributed by atoms with E-state index in [1.165, 1.54) is 0 Å². The summed E-state index contributed by atoms with van der Waals surface area (Å²) in [6.07, 6.45) is 0. The topological polar surface area (TPSA) is 45.6 Å².